The quantitative estimate of drug-likeness (QED) is 0.829. The van der Waals surface area contributed by atoms with Gasteiger partial charge in [-0.25, -0.2) is 9.59 Å². The summed E-state index contributed by atoms with van der Waals surface area (Å²) < 4.78 is 5.06. The third-order valence-corrected chi connectivity index (χ3v) is 5.40. The predicted molar refractivity (Wildman–Crippen MR) is 76.7 cm³/mol. The van der Waals surface area contributed by atoms with Crippen LogP contribution in [-0.2, 0) is 9.53 Å². The van der Waals surface area contributed by atoms with E-state index < -0.39 is 12.0 Å². The van der Waals surface area contributed by atoms with Gasteiger partial charge < -0.3 is 14.7 Å². The second-order valence-electron chi connectivity index (χ2n) is 5.52. The fourth-order valence-corrected chi connectivity index (χ4v) is 4.05. The highest BCUT2D eigenvalue weighted by Gasteiger charge is 2.49. The minimum absolute atomic E-state index is 0.0146. The molecule has 3 unspecified atom stereocenters. The van der Waals surface area contributed by atoms with Crippen LogP contribution in [0.2, 0.25) is 0 Å². The van der Waals surface area contributed by atoms with Crippen molar-refractivity contribution in [2.24, 2.45) is 5.92 Å². The highest BCUT2D eigenvalue weighted by atomic mass is 32.2. The molecular formula is C13H22N2O4S. The van der Waals surface area contributed by atoms with Crippen LogP contribution < -0.4 is 0 Å². The molecule has 2 amide bonds. The summed E-state index contributed by atoms with van der Waals surface area (Å²) in [6.45, 7) is 2.33. The number of urea groups is 1. The van der Waals surface area contributed by atoms with Gasteiger partial charge in [-0.15, -0.1) is 11.8 Å². The first kappa shape index (κ1) is 15.4. The number of carbonyl (C=O) groups excluding carboxylic acids is 1. The van der Waals surface area contributed by atoms with Crippen molar-refractivity contribution >= 4 is 23.8 Å². The number of carboxylic acids is 1. The zero-order valence-electron chi connectivity index (χ0n) is 12.1. The Labute approximate surface area is 123 Å². The van der Waals surface area contributed by atoms with Crippen molar-refractivity contribution in [1.29, 1.82) is 0 Å². The van der Waals surface area contributed by atoms with E-state index in [1.807, 2.05) is 6.92 Å². The third kappa shape index (κ3) is 3.03. The van der Waals surface area contributed by atoms with Crippen LogP contribution >= 0.6 is 11.8 Å². The first-order valence-corrected chi connectivity index (χ1v) is 7.90. The summed E-state index contributed by atoms with van der Waals surface area (Å²) in [5, 5.41) is 9.34. The molecule has 0 bridgehead atoms. The van der Waals surface area contributed by atoms with Crippen molar-refractivity contribution in [3.63, 3.8) is 0 Å². The maximum atomic E-state index is 12.6. The highest BCUT2D eigenvalue weighted by molar-refractivity contribution is 8.00. The molecule has 0 radical (unpaired) electrons. The number of carbonyl (C=O) groups is 2. The van der Waals surface area contributed by atoms with Crippen LogP contribution in [0.4, 0.5) is 4.79 Å². The largest absolute Gasteiger partial charge is 0.480 e. The molecule has 0 aromatic carbocycles. The highest BCUT2D eigenvalue weighted by Crippen LogP contribution is 2.45. The molecule has 1 N–H and O–H groups in total. The Morgan fingerprint density at radius 3 is 2.65 bits per heavy atom. The SMILES string of the molecule is COCC(C)N(C)C(=O)N1C(C(=O)O)CSC1C1CC1. The molecule has 1 aliphatic carbocycles. The van der Waals surface area contributed by atoms with Crippen molar-refractivity contribution in [1.82, 2.24) is 9.80 Å². The molecule has 7 heteroatoms. The lowest BCUT2D eigenvalue weighted by Crippen LogP contribution is -2.53. The summed E-state index contributed by atoms with van der Waals surface area (Å²) >= 11 is 1.59. The minimum Gasteiger partial charge on any atom is -0.480 e. The Kier molecular flexibility index (Phi) is 4.80. The summed E-state index contributed by atoms with van der Waals surface area (Å²) in [4.78, 5) is 27.2. The van der Waals surface area contributed by atoms with Crippen LogP contribution in [-0.4, -0.2) is 70.9 Å². The number of rotatable bonds is 5. The lowest BCUT2D eigenvalue weighted by Gasteiger charge is -2.34. The van der Waals surface area contributed by atoms with Gasteiger partial charge in [-0.05, 0) is 25.7 Å². The van der Waals surface area contributed by atoms with E-state index in [-0.39, 0.29) is 17.4 Å². The van der Waals surface area contributed by atoms with Crippen molar-refractivity contribution in [2.75, 3.05) is 26.5 Å². The van der Waals surface area contributed by atoms with E-state index in [1.54, 1.807) is 35.7 Å². The number of ether oxygens (including phenoxy) is 1. The van der Waals surface area contributed by atoms with Gasteiger partial charge in [-0.1, -0.05) is 0 Å². The van der Waals surface area contributed by atoms with Gasteiger partial charge in [-0.2, -0.15) is 0 Å². The summed E-state index contributed by atoms with van der Waals surface area (Å²) in [5.74, 6) is 0.0237. The zero-order valence-corrected chi connectivity index (χ0v) is 12.9. The van der Waals surface area contributed by atoms with Crippen LogP contribution in [0.15, 0.2) is 0 Å². The molecule has 1 aliphatic heterocycles. The lowest BCUT2D eigenvalue weighted by molar-refractivity contribution is -0.141. The van der Waals surface area contributed by atoms with Gasteiger partial charge in [-0.3, -0.25) is 4.90 Å². The maximum absolute atomic E-state index is 12.6. The zero-order chi connectivity index (χ0) is 14.9. The summed E-state index contributed by atoms with van der Waals surface area (Å²) in [5.41, 5.74) is 0. The second kappa shape index (κ2) is 6.22. The second-order valence-corrected chi connectivity index (χ2v) is 6.67. The van der Waals surface area contributed by atoms with Gasteiger partial charge in [0.1, 0.15) is 6.04 Å². The van der Waals surface area contributed by atoms with Crippen LogP contribution in [0.25, 0.3) is 0 Å². The molecule has 2 aliphatic rings. The van der Waals surface area contributed by atoms with Gasteiger partial charge >= 0.3 is 12.0 Å². The Morgan fingerprint density at radius 1 is 1.50 bits per heavy atom. The first-order chi connectivity index (χ1) is 9.47. The number of carboxylic acid groups (broad SMARTS) is 1. The Balaban J connectivity index is 2.12. The van der Waals surface area contributed by atoms with Crippen molar-refractivity contribution in [3.8, 4) is 0 Å². The van der Waals surface area contributed by atoms with Gasteiger partial charge in [0.15, 0.2) is 0 Å². The van der Waals surface area contributed by atoms with Crippen LogP contribution in [0.1, 0.15) is 19.8 Å². The summed E-state index contributed by atoms with van der Waals surface area (Å²) in [6, 6.07) is -0.994. The summed E-state index contributed by atoms with van der Waals surface area (Å²) in [6.07, 6.45) is 2.18. The number of methoxy groups -OCH3 is 1. The number of amides is 2. The van der Waals surface area contributed by atoms with Crippen molar-refractivity contribution in [3.05, 3.63) is 0 Å². The monoisotopic (exact) mass is 302 g/mol. The summed E-state index contributed by atoms with van der Waals surface area (Å²) in [7, 11) is 3.30. The molecule has 0 aromatic rings. The number of nitrogens with zero attached hydrogens (tertiary/aromatic N) is 2. The van der Waals surface area contributed by atoms with Gasteiger partial charge in [0.25, 0.3) is 0 Å². The fraction of sp³-hybridized carbons (Fsp3) is 0.846. The molecule has 0 spiro atoms. The smallest absolute Gasteiger partial charge is 0.327 e. The molecule has 1 heterocycles. The molecule has 2 fully saturated rings. The van der Waals surface area contributed by atoms with Crippen molar-refractivity contribution in [2.45, 2.75) is 37.2 Å². The lowest BCUT2D eigenvalue weighted by atomic mass is 10.2. The molecule has 3 atom stereocenters. The number of hydrogen-bond donors (Lipinski definition) is 1. The molecule has 6 nitrogen and oxygen atoms in total. The van der Waals surface area contributed by atoms with E-state index in [0.29, 0.717) is 18.3 Å². The maximum Gasteiger partial charge on any atom is 0.327 e. The van der Waals surface area contributed by atoms with Crippen LogP contribution in [0.3, 0.4) is 0 Å². The van der Waals surface area contributed by atoms with E-state index in [1.165, 1.54) is 0 Å². The van der Waals surface area contributed by atoms with E-state index >= 15 is 0 Å². The number of likely N-dealkylation sites (N-methyl/N-ethyl adjacent to an activating group) is 1. The Morgan fingerprint density at radius 2 is 2.15 bits per heavy atom. The average molecular weight is 302 g/mol. The normalized spacial score (nSPS) is 27.4. The van der Waals surface area contributed by atoms with Crippen LogP contribution in [0.5, 0.6) is 0 Å². The molecule has 1 saturated carbocycles. The molecule has 2 rings (SSSR count). The van der Waals surface area contributed by atoms with E-state index in [0.717, 1.165) is 12.8 Å². The molecule has 20 heavy (non-hydrogen) atoms. The molecule has 114 valence electrons. The Bertz CT molecular complexity index is 389. The topological polar surface area (TPSA) is 70.1 Å². The number of thioether (sulfide) groups is 1. The van der Waals surface area contributed by atoms with E-state index in [9.17, 15) is 14.7 Å². The predicted octanol–water partition coefficient (Wildman–Crippen LogP) is 1.31. The van der Waals surface area contributed by atoms with E-state index in [4.69, 9.17) is 4.74 Å². The standard InChI is InChI=1S/C13H22N2O4S/c1-8(6-19-3)14(2)13(18)15-10(12(16)17)7-20-11(15)9-4-5-9/h8-11H,4-7H2,1-3H3,(H,16,17). The van der Waals surface area contributed by atoms with Gasteiger partial charge in [0, 0.05) is 19.9 Å². The fourth-order valence-electron chi connectivity index (χ4n) is 2.43. The van der Waals surface area contributed by atoms with E-state index in [2.05, 4.69) is 0 Å². The third-order valence-electron chi connectivity index (χ3n) is 3.94. The number of aliphatic carboxylic acids is 1. The number of hydrogen-bond acceptors (Lipinski definition) is 4. The molecular weight excluding hydrogens is 280 g/mol. The van der Waals surface area contributed by atoms with Gasteiger partial charge in [0.05, 0.1) is 18.0 Å². The Hall–Kier alpha value is -0.950. The first-order valence-electron chi connectivity index (χ1n) is 6.85. The molecule has 1 saturated heterocycles. The van der Waals surface area contributed by atoms with Crippen molar-refractivity contribution < 1.29 is 19.4 Å². The molecule has 0 aromatic heterocycles. The van der Waals surface area contributed by atoms with Gasteiger partial charge in [0.2, 0.25) is 0 Å². The van der Waals surface area contributed by atoms with Crippen LogP contribution in [0, 0.1) is 5.92 Å². The minimum atomic E-state index is -0.915. The average Bonchev–Trinajstić information content (AvgIpc) is 3.15.